The normalized spacial score (nSPS) is 16.6. The number of carbonyl (C=O) groups is 1. The van der Waals surface area contributed by atoms with E-state index >= 15 is 0 Å². The third-order valence-corrected chi connectivity index (χ3v) is 5.60. The molecule has 1 aliphatic rings. The second kappa shape index (κ2) is 9.13. The Morgan fingerprint density at radius 2 is 1.84 bits per heavy atom. The molecular formula is C23H20BrF2N3O2. The molecule has 3 aromatic rings. The molecule has 1 atom stereocenters. The highest BCUT2D eigenvalue weighted by Crippen LogP contribution is 2.34. The van der Waals surface area contributed by atoms with E-state index in [-0.39, 0.29) is 12.2 Å². The zero-order valence-electron chi connectivity index (χ0n) is 16.5. The Labute approximate surface area is 187 Å². The van der Waals surface area contributed by atoms with Gasteiger partial charge in [0.05, 0.1) is 12.3 Å². The van der Waals surface area contributed by atoms with E-state index in [1.54, 1.807) is 5.06 Å². The van der Waals surface area contributed by atoms with Gasteiger partial charge in [0.2, 0.25) is 0 Å². The van der Waals surface area contributed by atoms with Crippen LogP contribution in [-0.4, -0.2) is 29.0 Å². The largest absolute Gasteiger partial charge is 0.396 e. The van der Waals surface area contributed by atoms with Crippen LogP contribution in [0.15, 0.2) is 71.2 Å². The maximum atomic E-state index is 14.6. The third kappa shape index (κ3) is 4.46. The third-order valence-electron chi connectivity index (χ3n) is 5.11. The monoisotopic (exact) mass is 487 g/mol. The molecule has 2 N–H and O–H groups in total. The van der Waals surface area contributed by atoms with Crippen molar-refractivity contribution in [3.8, 4) is 0 Å². The lowest BCUT2D eigenvalue weighted by atomic mass is 10.1. The van der Waals surface area contributed by atoms with E-state index in [0.29, 0.717) is 13.2 Å². The van der Waals surface area contributed by atoms with Crippen molar-refractivity contribution in [2.24, 2.45) is 0 Å². The first-order valence-corrected chi connectivity index (χ1v) is 10.5. The van der Waals surface area contributed by atoms with Crippen molar-refractivity contribution in [2.45, 2.75) is 12.8 Å². The molecule has 1 saturated heterocycles. The second-order valence-corrected chi connectivity index (χ2v) is 8.07. The Balaban J connectivity index is 1.67. The van der Waals surface area contributed by atoms with Crippen LogP contribution in [0.5, 0.6) is 0 Å². The highest BCUT2D eigenvalue weighted by atomic mass is 79.9. The Morgan fingerprint density at radius 3 is 2.58 bits per heavy atom. The molecule has 0 aliphatic carbocycles. The topological polar surface area (TPSA) is 58.8 Å². The molecule has 31 heavy (non-hydrogen) atoms. The molecule has 4 rings (SSSR count). The van der Waals surface area contributed by atoms with Crippen molar-refractivity contribution in [3.05, 3.63) is 99.5 Å². The molecule has 0 radical (unpaired) electrons. The van der Waals surface area contributed by atoms with Gasteiger partial charge >= 0.3 is 0 Å². The first-order chi connectivity index (χ1) is 15.0. The molecule has 0 bridgehead atoms. The Kier molecular flexibility index (Phi) is 6.31. The quantitative estimate of drug-likeness (QED) is 0.520. The maximum absolute atomic E-state index is 14.6. The van der Waals surface area contributed by atoms with Crippen LogP contribution >= 0.6 is 15.9 Å². The highest BCUT2D eigenvalue weighted by molar-refractivity contribution is 9.10. The van der Waals surface area contributed by atoms with Crippen LogP contribution in [0.2, 0.25) is 0 Å². The van der Waals surface area contributed by atoms with Crippen molar-refractivity contribution in [1.82, 2.24) is 9.96 Å². The zero-order chi connectivity index (χ0) is 22.0. The van der Waals surface area contributed by atoms with E-state index in [4.69, 9.17) is 10.6 Å². The average Bonchev–Trinajstić information content (AvgIpc) is 3.20. The van der Waals surface area contributed by atoms with E-state index < -0.39 is 29.3 Å². The molecule has 1 fully saturated rings. The molecule has 1 unspecified atom stereocenters. The summed E-state index contributed by atoms with van der Waals surface area (Å²) in [4.78, 5) is 20.6. The first-order valence-electron chi connectivity index (χ1n) is 9.69. The van der Waals surface area contributed by atoms with Crippen molar-refractivity contribution >= 4 is 27.5 Å². The van der Waals surface area contributed by atoms with Crippen LogP contribution in [0.4, 0.5) is 14.5 Å². The second-order valence-electron chi connectivity index (χ2n) is 7.15. The Morgan fingerprint density at radius 1 is 1.06 bits per heavy atom. The minimum absolute atomic E-state index is 0.235. The van der Waals surface area contributed by atoms with E-state index in [2.05, 4.69) is 15.9 Å². The molecular weight excluding hydrogens is 468 g/mol. The summed E-state index contributed by atoms with van der Waals surface area (Å²) < 4.78 is 29.8. The number of amides is 1. The molecule has 5 nitrogen and oxygen atoms in total. The summed E-state index contributed by atoms with van der Waals surface area (Å²) in [5.74, 6) is -2.78. The van der Waals surface area contributed by atoms with Crippen LogP contribution in [0, 0.1) is 11.6 Å². The standard InChI is InChI=1S/C23H20BrF2N3O2/c24-17-8-4-7-16(13-17)22-28(23(30)20-18(25)9-10-19(27)21(20)26)11-12-29(22)31-14-15-5-2-1-3-6-15/h1-10,13,22H,11-12,14,27H2. The number of nitrogens with two attached hydrogens (primary N) is 1. The van der Waals surface area contributed by atoms with Gasteiger partial charge in [-0.05, 0) is 35.4 Å². The van der Waals surface area contributed by atoms with Gasteiger partial charge < -0.3 is 10.6 Å². The number of rotatable bonds is 5. The molecule has 160 valence electrons. The van der Waals surface area contributed by atoms with Gasteiger partial charge in [0, 0.05) is 17.6 Å². The van der Waals surface area contributed by atoms with Crippen LogP contribution in [-0.2, 0) is 11.4 Å². The van der Waals surface area contributed by atoms with Crippen molar-refractivity contribution in [1.29, 1.82) is 0 Å². The van der Waals surface area contributed by atoms with Gasteiger partial charge in [-0.25, -0.2) is 8.78 Å². The number of anilines is 1. The van der Waals surface area contributed by atoms with Crippen LogP contribution in [0.25, 0.3) is 0 Å². The van der Waals surface area contributed by atoms with Crippen molar-refractivity contribution in [3.63, 3.8) is 0 Å². The van der Waals surface area contributed by atoms with E-state index in [9.17, 15) is 13.6 Å². The van der Waals surface area contributed by atoms with Gasteiger partial charge in [-0.3, -0.25) is 9.63 Å². The number of hydrogen-bond donors (Lipinski definition) is 1. The van der Waals surface area contributed by atoms with Crippen molar-refractivity contribution < 1.29 is 18.4 Å². The van der Waals surface area contributed by atoms with Gasteiger partial charge in [0.25, 0.3) is 5.91 Å². The average molecular weight is 488 g/mol. The number of hydrogen-bond acceptors (Lipinski definition) is 4. The number of benzene rings is 3. The Hall–Kier alpha value is -2.81. The lowest BCUT2D eigenvalue weighted by Gasteiger charge is -2.30. The molecule has 0 spiro atoms. The molecule has 1 amide bonds. The number of halogens is 3. The molecule has 1 heterocycles. The fourth-order valence-corrected chi connectivity index (χ4v) is 4.02. The fraction of sp³-hybridized carbons (Fsp3) is 0.174. The van der Waals surface area contributed by atoms with Gasteiger partial charge in [-0.2, -0.15) is 5.06 Å². The minimum atomic E-state index is -1.05. The fourth-order valence-electron chi connectivity index (χ4n) is 3.61. The molecule has 3 aromatic carbocycles. The number of hydroxylamine groups is 2. The summed E-state index contributed by atoms with van der Waals surface area (Å²) in [6, 6.07) is 19.1. The van der Waals surface area contributed by atoms with Crippen molar-refractivity contribution in [2.75, 3.05) is 18.8 Å². The summed E-state index contributed by atoms with van der Waals surface area (Å²) >= 11 is 3.44. The number of nitrogen functional groups attached to an aromatic ring is 1. The predicted octanol–water partition coefficient (Wildman–Crippen LogP) is 4.90. The van der Waals surface area contributed by atoms with E-state index in [1.807, 2.05) is 54.6 Å². The zero-order valence-corrected chi connectivity index (χ0v) is 18.1. The molecule has 0 saturated carbocycles. The summed E-state index contributed by atoms with van der Waals surface area (Å²) in [6.45, 7) is 0.911. The maximum Gasteiger partial charge on any atom is 0.261 e. The summed E-state index contributed by atoms with van der Waals surface area (Å²) in [5.41, 5.74) is 6.35. The minimum Gasteiger partial charge on any atom is -0.396 e. The first kappa shape index (κ1) is 21.4. The smallest absolute Gasteiger partial charge is 0.261 e. The SMILES string of the molecule is Nc1ccc(F)c(C(=O)N2CCN(OCc3ccccc3)C2c2cccc(Br)c2)c1F. The van der Waals surface area contributed by atoms with Crippen LogP contribution < -0.4 is 5.73 Å². The van der Waals surface area contributed by atoms with E-state index in [1.165, 1.54) is 4.90 Å². The van der Waals surface area contributed by atoms with Gasteiger partial charge in [0.15, 0.2) is 5.82 Å². The summed E-state index contributed by atoms with van der Waals surface area (Å²) in [5, 5.41) is 1.66. The van der Waals surface area contributed by atoms with E-state index in [0.717, 1.165) is 27.7 Å². The highest BCUT2D eigenvalue weighted by Gasteiger charge is 2.39. The lowest BCUT2D eigenvalue weighted by Crippen LogP contribution is -2.36. The van der Waals surface area contributed by atoms with Gasteiger partial charge in [0.1, 0.15) is 17.5 Å². The van der Waals surface area contributed by atoms with Crippen LogP contribution in [0.1, 0.15) is 27.7 Å². The molecule has 1 aliphatic heterocycles. The number of nitrogens with zero attached hydrogens (tertiary/aromatic N) is 2. The van der Waals surface area contributed by atoms with Gasteiger partial charge in [-0.15, -0.1) is 0 Å². The molecule has 0 aromatic heterocycles. The Bertz CT molecular complexity index is 1100. The number of carbonyl (C=O) groups excluding carboxylic acids is 1. The lowest BCUT2D eigenvalue weighted by molar-refractivity contribution is -0.192. The summed E-state index contributed by atoms with van der Waals surface area (Å²) in [6.07, 6.45) is -0.658. The summed E-state index contributed by atoms with van der Waals surface area (Å²) in [7, 11) is 0. The predicted molar refractivity (Wildman–Crippen MR) is 117 cm³/mol. The van der Waals surface area contributed by atoms with Crippen LogP contribution in [0.3, 0.4) is 0 Å². The molecule has 8 heteroatoms. The van der Waals surface area contributed by atoms with Gasteiger partial charge in [-0.1, -0.05) is 58.4 Å².